The second-order valence-corrected chi connectivity index (χ2v) is 7.14. The standard InChI is InChI=1S/C19H30N6O3.2ClH/c1-14(2)18(20)19(28)23-13-16(26)22-8-6-17(27)25-11-9-24(10-12-25)15-5-3-4-7-21-15;;/h3-5,7,14,18H,6,8-13,20H2,1-2H3,(H,22,26)(H,23,28);2*1H/t18-;;/m0../s1. The molecule has 0 radical (unpaired) electrons. The largest absolute Gasteiger partial charge is 0.354 e. The Labute approximate surface area is 190 Å². The third kappa shape index (κ3) is 8.73. The van der Waals surface area contributed by atoms with E-state index in [-0.39, 0.29) is 68.0 Å². The number of anilines is 1. The van der Waals surface area contributed by atoms with E-state index < -0.39 is 6.04 Å². The Morgan fingerprint density at radius 1 is 1.10 bits per heavy atom. The number of nitrogens with one attached hydrogen (secondary N) is 2. The van der Waals surface area contributed by atoms with Crippen molar-refractivity contribution in [1.82, 2.24) is 20.5 Å². The van der Waals surface area contributed by atoms with E-state index in [2.05, 4.69) is 20.5 Å². The first-order chi connectivity index (χ1) is 13.4. The molecule has 1 aliphatic rings. The van der Waals surface area contributed by atoms with Gasteiger partial charge in [-0.05, 0) is 18.1 Å². The number of halogens is 2. The minimum Gasteiger partial charge on any atom is -0.354 e. The number of aromatic nitrogens is 1. The van der Waals surface area contributed by atoms with Crippen LogP contribution in [0.3, 0.4) is 0 Å². The van der Waals surface area contributed by atoms with E-state index >= 15 is 0 Å². The van der Waals surface area contributed by atoms with Gasteiger partial charge >= 0.3 is 0 Å². The summed E-state index contributed by atoms with van der Waals surface area (Å²) in [6.07, 6.45) is 1.99. The topological polar surface area (TPSA) is 121 Å². The quantitative estimate of drug-likeness (QED) is 0.506. The van der Waals surface area contributed by atoms with Crippen LogP contribution in [0.2, 0.25) is 0 Å². The van der Waals surface area contributed by atoms with Crippen LogP contribution in [0, 0.1) is 5.92 Å². The molecule has 0 spiro atoms. The van der Waals surface area contributed by atoms with Gasteiger partial charge in [-0.15, -0.1) is 24.8 Å². The summed E-state index contributed by atoms with van der Waals surface area (Å²) in [5.41, 5.74) is 5.71. The third-order valence-electron chi connectivity index (χ3n) is 4.71. The Hall–Kier alpha value is -2.10. The number of amides is 3. The molecule has 1 atom stereocenters. The van der Waals surface area contributed by atoms with Crippen LogP contribution in [0.15, 0.2) is 24.4 Å². The lowest BCUT2D eigenvalue weighted by atomic mass is 10.1. The van der Waals surface area contributed by atoms with Crippen LogP contribution in [0.1, 0.15) is 20.3 Å². The molecule has 1 saturated heterocycles. The molecular formula is C19H32Cl2N6O3. The lowest BCUT2D eigenvalue weighted by Gasteiger charge is -2.35. The number of hydrogen-bond acceptors (Lipinski definition) is 6. The fourth-order valence-corrected chi connectivity index (χ4v) is 2.84. The number of nitrogens with two attached hydrogens (primary N) is 1. The fourth-order valence-electron chi connectivity index (χ4n) is 2.84. The lowest BCUT2D eigenvalue weighted by Crippen LogP contribution is -2.50. The van der Waals surface area contributed by atoms with Gasteiger partial charge in [-0.3, -0.25) is 14.4 Å². The maximum Gasteiger partial charge on any atom is 0.239 e. The van der Waals surface area contributed by atoms with E-state index in [0.717, 1.165) is 18.9 Å². The van der Waals surface area contributed by atoms with E-state index in [1.807, 2.05) is 32.0 Å². The number of nitrogens with zero attached hydrogens (tertiary/aromatic N) is 3. The van der Waals surface area contributed by atoms with Gasteiger partial charge in [0.15, 0.2) is 0 Å². The zero-order valence-corrected chi connectivity index (χ0v) is 19.0. The highest BCUT2D eigenvalue weighted by atomic mass is 35.5. The average molecular weight is 463 g/mol. The van der Waals surface area contributed by atoms with Crippen molar-refractivity contribution in [2.45, 2.75) is 26.3 Å². The Balaban J connectivity index is 0.00000420. The van der Waals surface area contributed by atoms with Crippen molar-refractivity contribution in [3.8, 4) is 0 Å². The molecule has 0 aliphatic carbocycles. The molecule has 4 N–H and O–H groups in total. The van der Waals surface area contributed by atoms with Crippen molar-refractivity contribution in [2.24, 2.45) is 11.7 Å². The summed E-state index contributed by atoms with van der Waals surface area (Å²) in [6, 6.07) is 5.14. The van der Waals surface area contributed by atoms with Crippen molar-refractivity contribution in [3.63, 3.8) is 0 Å². The third-order valence-corrected chi connectivity index (χ3v) is 4.71. The Bertz CT molecular complexity index is 669. The van der Waals surface area contributed by atoms with Crippen LogP contribution in [0.4, 0.5) is 5.82 Å². The van der Waals surface area contributed by atoms with Gasteiger partial charge in [0.25, 0.3) is 0 Å². The molecule has 2 rings (SSSR count). The molecule has 0 unspecified atom stereocenters. The molecule has 1 aromatic heterocycles. The van der Waals surface area contributed by atoms with Crippen LogP contribution in [0.5, 0.6) is 0 Å². The maximum atomic E-state index is 12.3. The first-order valence-corrected chi connectivity index (χ1v) is 9.62. The average Bonchev–Trinajstić information content (AvgIpc) is 2.72. The van der Waals surface area contributed by atoms with Crippen molar-refractivity contribution >= 4 is 48.4 Å². The minimum absolute atomic E-state index is 0. The molecule has 170 valence electrons. The first kappa shape index (κ1) is 27.9. The Kier molecular flexibility index (Phi) is 13.0. The smallest absolute Gasteiger partial charge is 0.239 e. The summed E-state index contributed by atoms with van der Waals surface area (Å²) < 4.78 is 0. The fraction of sp³-hybridized carbons (Fsp3) is 0.579. The molecule has 1 fully saturated rings. The van der Waals surface area contributed by atoms with Crippen molar-refractivity contribution in [1.29, 1.82) is 0 Å². The first-order valence-electron chi connectivity index (χ1n) is 9.62. The second kappa shape index (κ2) is 14.0. The predicted molar refractivity (Wildman–Crippen MR) is 121 cm³/mol. The van der Waals surface area contributed by atoms with Gasteiger partial charge in [-0.25, -0.2) is 4.98 Å². The van der Waals surface area contributed by atoms with Crippen LogP contribution in [-0.2, 0) is 14.4 Å². The Morgan fingerprint density at radius 2 is 1.77 bits per heavy atom. The van der Waals surface area contributed by atoms with Crippen LogP contribution < -0.4 is 21.3 Å². The summed E-state index contributed by atoms with van der Waals surface area (Å²) in [4.78, 5) is 44.1. The molecule has 1 aliphatic heterocycles. The van der Waals surface area contributed by atoms with Gasteiger partial charge in [0.05, 0.1) is 12.6 Å². The zero-order chi connectivity index (χ0) is 20.5. The normalized spacial score (nSPS) is 14.3. The molecule has 2 heterocycles. The summed E-state index contributed by atoms with van der Waals surface area (Å²) in [5, 5.41) is 5.15. The number of carbonyl (C=O) groups excluding carboxylic acids is 3. The molecule has 9 nitrogen and oxygen atoms in total. The monoisotopic (exact) mass is 462 g/mol. The summed E-state index contributed by atoms with van der Waals surface area (Å²) in [7, 11) is 0. The van der Waals surface area contributed by atoms with E-state index in [4.69, 9.17) is 5.73 Å². The van der Waals surface area contributed by atoms with Crippen LogP contribution in [-0.4, -0.2) is 72.9 Å². The molecule has 0 bridgehead atoms. The van der Waals surface area contributed by atoms with Crippen molar-refractivity contribution < 1.29 is 14.4 Å². The molecule has 11 heteroatoms. The highest BCUT2D eigenvalue weighted by Crippen LogP contribution is 2.12. The molecule has 0 aromatic carbocycles. The number of pyridine rings is 1. The van der Waals surface area contributed by atoms with E-state index in [0.29, 0.717) is 13.1 Å². The van der Waals surface area contributed by atoms with Crippen molar-refractivity contribution in [3.05, 3.63) is 24.4 Å². The van der Waals surface area contributed by atoms with Gasteiger partial charge in [-0.2, -0.15) is 0 Å². The predicted octanol–water partition coefficient (Wildman–Crippen LogP) is 0.180. The maximum absolute atomic E-state index is 12.3. The van der Waals surface area contributed by atoms with Crippen LogP contribution in [0.25, 0.3) is 0 Å². The van der Waals surface area contributed by atoms with E-state index in [1.165, 1.54) is 0 Å². The number of piperazine rings is 1. The SMILES string of the molecule is CC(C)[C@H](N)C(=O)NCC(=O)NCCC(=O)N1CCN(c2ccccn2)CC1.Cl.Cl. The summed E-state index contributed by atoms with van der Waals surface area (Å²) >= 11 is 0. The van der Waals surface area contributed by atoms with Gasteiger partial charge < -0.3 is 26.2 Å². The lowest BCUT2D eigenvalue weighted by molar-refractivity contribution is -0.131. The van der Waals surface area contributed by atoms with Crippen LogP contribution >= 0.6 is 24.8 Å². The van der Waals surface area contributed by atoms with Gasteiger partial charge in [0.2, 0.25) is 17.7 Å². The molecule has 3 amide bonds. The zero-order valence-electron chi connectivity index (χ0n) is 17.4. The van der Waals surface area contributed by atoms with E-state index in [9.17, 15) is 14.4 Å². The minimum atomic E-state index is -0.640. The molecule has 0 saturated carbocycles. The van der Waals surface area contributed by atoms with E-state index in [1.54, 1.807) is 11.1 Å². The summed E-state index contributed by atoms with van der Waals surface area (Å²) in [6.45, 7) is 6.51. The van der Waals surface area contributed by atoms with Gasteiger partial charge in [0.1, 0.15) is 5.82 Å². The molecule has 1 aromatic rings. The van der Waals surface area contributed by atoms with Gasteiger partial charge in [-0.1, -0.05) is 19.9 Å². The number of carbonyl (C=O) groups is 3. The van der Waals surface area contributed by atoms with Crippen molar-refractivity contribution in [2.75, 3.05) is 44.2 Å². The highest BCUT2D eigenvalue weighted by molar-refractivity contribution is 5.87. The second-order valence-electron chi connectivity index (χ2n) is 7.14. The number of rotatable bonds is 8. The Morgan fingerprint density at radius 3 is 2.33 bits per heavy atom. The molecular weight excluding hydrogens is 431 g/mol. The number of hydrogen-bond donors (Lipinski definition) is 3. The molecule has 30 heavy (non-hydrogen) atoms. The summed E-state index contributed by atoms with van der Waals surface area (Å²) in [5.74, 6) is 0.232. The van der Waals surface area contributed by atoms with Gasteiger partial charge in [0, 0.05) is 45.3 Å². The highest BCUT2D eigenvalue weighted by Gasteiger charge is 2.22.